The highest BCUT2D eigenvalue weighted by Crippen LogP contribution is 2.22. The molecule has 0 radical (unpaired) electrons. The molecule has 1 heterocycles. The standard InChI is InChI=1S/C15H16ClN3O/c1-3-17-13-9-10(2)6-7-11(13)15(20)19-14-12(16)5-4-8-18-14/h4-9,17H,3H2,1-2H3,(H,18,19,20). The van der Waals surface area contributed by atoms with Gasteiger partial charge in [-0.25, -0.2) is 4.98 Å². The predicted octanol–water partition coefficient (Wildman–Crippen LogP) is 3.73. The van der Waals surface area contributed by atoms with E-state index in [4.69, 9.17) is 11.6 Å². The fourth-order valence-corrected chi connectivity index (χ4v) is 2.01. The van der Waals surface area contributed by atoms with Crippen molar-refractivity contribution in [2.45, 2.75) is 13.8 Å². The van der Waals surface area contributed by atoms with Crippen LogP contribution in [0.3, 0.4) is 0 Å². The highest BCUT2D eigenvalue weighted by molar-refractivity contribution is 6.33. The summed E-state index contributed by atoms with van der Waals surface area (Å²) < 4.78 is 0. The molecule has 0 saturated carbocycles. The zero-order valence-electron chi connectivity index (χ0n) is 11.4. The average Bonchev–Trinajstić information content (AvgIpc) is 2.42. The molecule has 2 aromatic rings. The van der Waals surface area contributed by atoms with Gasteiger partial charge in [0.2, 0.25) is 0 Å². The molecule has 104 valence electrons. The number of amides is 1. The monoisotopic (exact) mass is 289 g/mol. The number of hydrogen-bond acceptors (Lipinski definition) is 3. The Balaban J connectivity index is 2.27. The Morgan fingerprint density at radius 1 is 1.35 bits per heavy atom. The second-order valence-corrected chi connectivity index (χ2v) is 4.77. The van der Waals surface area contributed by atoms with Crippen LogP contribution in [0.1, 0.15) is 22.8 Å². The summed E-state index contributed by atoms with van der Waals surface area (Å²) in [4.78, 5) is 16.4. The Morgan fingerprint density at radius 2 is 2.15 bits per heavy atom. The van der Waals surface area contributed by atoms with Crippen LogP contribution in [0.2, 0.25) is 5.02 Å². The molecular weight excluding hydrogens is 274 g/mol. The van der Waals surface area contributed by atoms with Gasteiger partial charge >= 0.3 is 0 Å². The van der Waals surface area contributed by atoms with E-state index in [0.29, 0.717) is 16.4 Å². The summed E-state index contributed by atoms with van der Waals surface area (Å²) in [7, 11) is 0. The molecule has 1 aromatic carbocycles. The maximum atomic E-state index is 12.3. The van der Waals surface area contributed by atoms with Crippen LogP contribution in [0.4, 0.5) is 11.5 Å². The van der Waals surface area contributed by atoms with E-state index in [1.165, 1.54) is 0 Å². The van der Waals surface area contributed by atoms with Crippen LogP contribution < -0.4 is 10.6 Å². The quantitative estimate of drug-likeness (QED) is 0.902. The maximum absolute atomic E-state index is 12.3. The summed E-state index contributed by atoms with van der Waals surface area (Å²) in [6, 6.07) is 9.03. The molecule has 0 spiro atoms. The van der Waals surface area contributed by atoms with E-state index in [1.54, 1.807) is 24.4 Å². The van der Waals surface area contributed by atoms with Gasteiger partial charge < -0.3 is 10.6 Å². The van der Waals surface area contributed by atoms with Crippen molar-refractivity contribution in [2.24, 2.45) is 0 Å². The van der Waals surface area contributed by atoms with Gasteiger partial charge in [-0.15, -0.1) is 0 Å². The van der Waals surface area contributed by atoms with Crippen molar-refractivity contribution in [3.8, 4) is 0 Å². The van der Waals surface area contributed by atoms with Crippen molar-refractivity contribution in [2.75, 3.05) is 17.2 Å². The zero-order chi connectivity index (χ0) is 14.5. The molecule has 0 unspecified atom stereocenters. The predicted molar refractivity (Wildman–Crippen MR) is 82.5 cm³/mol. The number of nitrogens with one attached hydrogen (secondary N) is 2. The van der Waals surface area contributed by atoms with Crippen LogP contribution in [-0.4, -0.2) is 17.4 Å². The number of rotatable bonds is 4. The molecule has 2 rings (SSSR count). The Hall–Kier alpha value is -2.07. The second-order valence-electron chi connectivity index (χ2n) is 4.37. The summed E-state index contributed by atoms with van der Waals surface area (Å²) in [5.41, 5.74) is 2.46. The first kappa shape index (κ1) is 14.3. The third-order valence-electron chi connectivity index (χ3n) is 2.78. The van der Waals surface area contributed by atoms with Crippen LogP contribution in [0.5, 0.6) is 0 Å². The smallest absolute Gasteiger partial charge is 0.258 e. The van der Waals surface area contributed by atoms with Gasteiger partial charge in [0.1, 0.15) is 0 Å². The number of halogens is 1. The molecule has 0 aliphatic rings. The topological polar surface area (TPSA) is 54.0 Å². The van der Waals surface area contributed by atoms with Crippen LogP contribution in [0.25, 0.3) is 0 Å². The Bertz CT molecular complexity index is 628. The highest BCUT2D eigenvalue weighted by Gasteiger charge is 2.13. The molecule has 0 saturated heterocycles. The Labute approximate surface area is 123 Å². The first-order valence-electron chi connectivity index (χ1n) is 6.38. The molecule has 1 amide bonds. The first-order valence-corrected chi connectivity index (χ1v) is 6.76. The molecule has 0 fully saturated rings. The molecule has 2 N–H and O–H groups in total. The molecule has 5 heteroatoms. The van der Waals surface area contributed by atoms with Crippen molar-refractivity contribution in [1.29, 1.82) is 0 Å². The summed E-state index contributed by atoms with van der Waals surface area (Å²) >= 11 is 5.99. The Morgan fingerprint density at radius 3 is 2.85 bits per heavy atom. The number of hydrogen-bond donors (Lipinski definition) is 2. The summed E-state index contributed by atoms with van der Waals surface area (Å²) in [6.07, 6.45) is 1.59. The minimum Gasteiger partial charge on any atom is -0.385 e. The van der Waals surface area contributed by atoms with Crippen molar-refractivity contribution in [1.82, 2.24) is 4.98 Å². The van der Waals surface area contributed by atoms with E-state index in [0.717, 1.165) is 17.8 Å². The lowest BCUT2D eigenvalue weighted by Crippen LogP contribution is -2.16. The number of anilines is 2. The molecule has 0 atom stereocenters. The number of aromatic nitrogens is 1. The zero-order valence-corrected chi connectivity index (χ0v) is 12.2. The van der Waals surface area contributed by atoms with Crippen LogP contribution in [0, 0.1) is 6.92 Å². The molecule has 0 bridgehead atoms. The van der Waals surface area contributed by atoms with E-state index in [-0.39, 0.29) is 5.91 Å². The number of pyridine rings is 1. The van der Waals surface area contributed by atoms with Gasteiger partial charge in [-0.05, 0) is 43.7 Å². The van der Waals surface area contributed by atoms with Crippen molar-refractivity contribution >= 4 is 29.0 Å². The molecular formula is C15H16ClN3O. The molecule has 4 nitrogen and oxygen atoms in total. The van der Waals surface area contributed by atoms with E-state index in [9.17, 15) is 4.79 Å². The normalized spacial score (nSPS) is 10.2. The fourth-order valence-electron chi connectivity index (χ4n) is 1.85. The van der Waals surface area contributed by atoms with Crippen molar-refractivity contribution in [3.63, 3.8) is 0 Å². The third kappa shape index (κ3) is 3.27. The SMILES string of the molecule is CCNc1cc(C)ccc1C(=O)Nc1ncccc1Cl. The van der Waals surface area contributed by atoms with E-state index < -0.39 is 0 Å². The van der Waals surface area contributed by atoms with E-state index in [2.05, 4.69) is 15.6 Å². The number of nitrogens with zero attached hydrogens (tertiary/aromatic N) is 1. The average molecular weight is 290 g/mol. The van der Waals surface area contributed by atoms with Crippen LogP contribution >= 0.6 is 11.6 Å². The lowest BCUT2D eigenvalue weighted by atomic mass is 10.1. The summed E-state index contributed by atoms with van der Waals surface area (Å²) in [6.45, 7) is 4.71. The Kier molecular flexibility index (Phi) is 4.58. The van der Waals surface area contributed by atoms with Crippen molar-refractivity contribution in [3.05, 3.63) is 52.7 Å². The first-order chi connectivity index (χ1) is 9.61. The van der Waals surface area contributed by atoms with Gasteiger partial charge in [0.05, 0.1) is 10.6 Å². The molecule has 0 aliphatic heterocycles. The van der Waals surface area contributed by atoms with Gasteiger partial charge in [0, 0.05) is 18.4 Å². The second kappa shape index (κ2) is 6.39. The van der Waals surface area contributed by atoms with E-state index in [1.807, 2.05) is 26.0 Å². The highest BCUT2D eigenvalue weighted by atomic mass is 35.5. The summed E-state index contributed by atoms with van der Waals surface area (Å²) in [5.74, 6) is 0.128. The number of carbonyl (C=O) groups excluding carboxylic acids is 1. The number of carbonyl (C=O) groups is 1. The molecule has 20 heavy (non-hydrogen) atoms. The van der Waals surface area contributed by atoms with Gasteiger partial charge in [0.25, 0.3) is 5.91 Å². The lowest BCUT2D eigenvalue weighted by Gasteiger charge is -2.12. The molecule has 1 aromatic heterocycles. The van der Waals surface area contributed by atoms with Gasteiger partial charge in [-0.1, -0.05) is 17.7 Å². The summed E-state index contributed by atoms with van der Waals surface area (Å²) in [5, 5.41) is 6.32. The fraction of sp³-hybridized carbons (Fsp3) is 0.200. The number of aryl methyl sites for hydroxylation is 1. The minimum atomic E-state index is -0.235. The van der Waals surface area contributed by atoms with Crippen LogP contribution in [-0.2, 0) is 0 Å². The largest absolute Gasteiger partial charge is 0.385 e. The lowest BCUT2D eigenvalue weighted by molar-refractivity contribution is 0.102. The van der Waals surface area contributed by atoms with Crippen LogP contribution in [0.15, 0.2) is 36.5 Å². The maximum Gasteiger partial charge on any atom is 0.258 e. The van der Waals surface area contributed by atoms with Gasteiger partial charge in [-0.2, -0.15) is 0 Å². The number of benzene rings is 1. The van der Waals surface area contributed by atoms with Gasteiger partial charge in [0.15, 0.2) is 5.82 Å². The minimum absolute atomic E-state index is 0.235. The molecule has 0 aliphatic carbocycles. The van der Waals surface area contributed by atoms with Gasteiger partial charge in [-0.3, -0.25) is 4.79 Å². The van der Waals surface area contributed by atoms with Crippen molar-refractivity contribution < 1.29 is 4.79 Å². The van der Waals surface area contributed by atoms with E-state index >= 15 is 0 Å². The third-order valence-corrected chi connectivity index (χ3v) is 3.08.